The van der Waals surface area contributed by atoms with Crippen molar-refractivity contribution in [3.05, 3.63) is 0 Å². The van der Waals surface area contributed by atoms with E-state index in [4.69, 9.17) is 5.11 Å². The maximum absolute atomic E-state index is 12.0. The van der Waals surface area contributed by atoms with Gasteiger partial charge in [0.1, 0.15) is 0 Å². The van der Waals surface area contributed by atoms with Gasteiger partial charge in [0.25, 0.3) is 0 Å². The molecule has 1 atom stereocenters. The molecule has 102 valence electrons. The Kier molecular flexibility index (Phi) is 4.61. The number of carboxylic acids is 1. The molecule has 2 rings (SSSR count). The van der Waals surface area contributed by atoms with E-state index >= 15 is 0 Å². The third kappa shape index (κ3) is 4.31. The van der Waals surface area contributed by atoms with E-state index in [2.05, 4.69) is 0 Å². The van der Waals surface area contributed by atoms with Gasteiger partial charge in [-0.3, -0.25) is 9.59 Å². The summed E-state index contributed by atoms with van der Waals surface area (Å²) in [6.07, 6.45) is 7.38. The van der Waals surface area contributed by atoms with Gasteiger partial charge in [0, 0.05) is 25.9 Å². The number of rotatable bonds is 6. The second kappa shape index (κ2) is 6.21. The summed E-state index contributed by atoms with van der Waals surface area (Å²) >= 11 is 0. The molecule has 0 aromatic carbocycles. The van der Waals surface area contributed by atoms with Crippen LogP contribution in [0, 0.1) is 11.8 Å². The molecule has 1 saturated carbocycles. The van der Waals surface area contributed by atoms with Crippen LogP contribution in [0.4, 0.5) is 0 Å². The molecule has 1 aliphatic carbocycles. The van der Waals surface area contributed by atoms with Gasteiger partial charge in [-0.2, -0.15) is 0 Å². The number of aliphatic carboxylic acids is 1. The van der Waals surface area contributed by atoms with Crippen molar-refractivity contribution in [2.24, 2.45) is 11.8 Å². The fraction of sp³-hybridized carbons (Fsp3) is 0.857. The summed E-state index contributed by atoms with van der Waals surface area (Å²) in [7, 11) is 0. The van der Waals surface area contributed by atoms with Crippen molar-refractivity contribution in [1.29, 1.82) is 0 Å². The summed E-state index contributed by atoms with van der Waals surface area (Å²) in [5.41, 5.74) is 0. The second-order valence-corrected chi connectivity index (χ2v) is 5.76. The molecule has 18 heavy (non-hydrogen) atoms. The Bertz CT molecular complexity index is 312. The van der Waals surface area contributed by atoms with Crippen LogP contribution >= 0.6 is 0 Å². The number of carbonyl (C=O) groups excluding carboxylic acids is 1. The lowest BCUT2D eigenvalue weighted by Gasteiger charge is -2.32. The average Bonchev–Trinajstić information content (AvgIpc) is 3.18. The van der Waals surface area contributed by atoms with Gasteiger partial charge in [0.15, 0.2) is 0 Å². The van der Waals surface area contributed by atoms with Crippen LogP contribution < -0.4 is 0 Å². The van der Waals surface area contributed by atoms with E-state index in [0.29, 0.717) is 18.8 Å². The Hall–Kier alpha value is -1.06. The lowest BCUT2D eigenvalue weighted by Crippen LogP contribution is -2.40. The summed E-state index contributed by atoms with van der Waals surface area (Å²) < 4.78 is 0. The molecule has 0 bridgehead atoms. The fourth-order valence-electron chi connectivity index (χ4n) is 2.75. The van der Waals surface area contributed by atoms with E-state index < -0.39 is 5.97 Å². The van der Waals surface area contributed by atoms with Gasteiger partial charge in [-0.05, 0) is 37.5 Å². The van der Waals surface area contributed by atoms with Crippen LogP contribution in [0.25, 0.3) is 0 Å². The van der Waals surface area contributed by atoms with Crippen LogP contribution in [0.3, 0.4) is 0 Å². The molecule has 1 saturated heterocycles. The third-order valence-electron chi connectivity index (χ3n) is 4.10. The van der Waals surface area contributed by atoms with E-state index in [0.717, 1.165) is 38.3 Å². The van der Waals surface area contributed by atoms with Crippen molar-refractivity contribution in [2.75, 3.05) is 13.1 Å². The van der Waals surface area contributed by atoms with Gasteiger partial charge in [-0.1, -0.05) is 12.8 Å². The quantitative estimate of drug-likeness (QED) is 0.790. The molecule has 1 aliphatic heterocycles. The van der Waals surface area contributed by atoms with Gasteiger partial charge in [-0.15, -0.1) is 0 Å². The molecule has 2 aliphatic rings. The third-order valence-corrected chi connectivity index (χ3v) is 4.10. The number of nitrogens with zero attached hydrogens (tertiary/aromatic N) is 1. The summed E-state index contributed by atoms with van der Waals surface area (Å²) in [5.74, 6) is 0.746. The highest BCUT2D eigenvalue weighted by atomic mass is 16.4. The summed E-state index contributed by atoms with van der Waals surface area (Å²) in [4.78, 5) is 24.5. The summed E-state index contributed by atoms with van der Waals surface area (Å²) in [6, 6.07) is 0. The standard InChI is InChI=1S/C14H23NO3/c16-13(7-5-11-3-4-11)15-9-1-2-12(10-15)6-8-14(17)18/h11-12H,1-10H2,(H,17,18). The van der Waals surface area contributed by atoms with Crippen LogP contribution in [0.2, 0.25) is 0 Å². The zero-order chi connectivity index (χ0) is 13.0. The van der Waals surface area contributed by atoms with Crippen LogP contribution in [0.5, 0.6) is 0 Å². The molecule has 4 nitrogen and oxygen atoms in total. The Morgan fingerprint density at radius 2 is 1.78 bits per heavy atom. The lowest BCUT2D eigenvalue weighted by atomic mass is 9.93. The fourth-order valence-corrected chi connectivity index (χ4v) is 2.75. The second-order valence-electron chi connectivity index (χ2n) is 5.76. The molecule has 1 amide bonds. The SMILES string of the molecule is O=C(O)CCC1CCCN(C(=O)CCC2CC2)C1. The van der Waals surface area contributed by atoms with Crippen molar-refractivity contribution >= 4 is 11.9 Å². The Labute approximate surface area is 108 Å². The molecule has 2 fully saturated rings. The van der Waals surface area contributed by atoms with Crippen molar-refractivity contribution in [1.82, 2.24) is 4.90 Å². The minimum atomic E-state index is -0.729. The Morgan fingerprint density at radius 1 is 1.06 bits per heavy atom. The first-order chi connectivity index (χ1) is 8.65. The van der Waals surface area contributed by atoms with Crippen molar-refractivity contribution in [3.63, 3.8) is 0 Å². The minimum Gasteiger partial charge on any atom is -0.481 e. The first-order valence-electron chi connectivity index (χ1n) is 7.14. The van der Waals surface area contributed by atoms with Gasteiger partial charge in [-0.25, -0.2) is 0 Å². The van der Waals surface area contributed by atoms with Crippen LogP contribution in [-0.2, 0) is 9.59 Å². The first kappa shape index (κ1) is 13.4. The van der Waals surface area contributed by atoms with Crippen LogP contribution in [0.15, 0.2) is 0 Å². The molecule has 1 unspecified atom stereocenters. The molecule has 1 heterocycles. The number of piperidine rings is 1. The van der Waals surface area contributed by atoms with Gasteiger partial charge >= 0.3 is 5.97 Å². The number of carbonyl (C=O) groups is 2. The summed E-state index contributed by atoms with van der Waals surface area (Å²) in [5, 5.41) is 8.69. The number of hydrogen-bond donors (Lipinski definition) is 1. The molecular weight excluding hydrogens is 230 g/mol. The highest BCUT2D eigenvalue weighted by Gasteiger charge is 2.26. The monoisotopic (exact) mass is 253 g/mol. The van der Waals surface area contributed by atoms with Crippen molar-refractivity contribution in [2.45, 2.75) is 51.4 Å². The number of likely N-dealkylation sites (tertiary alicyclic amines) is 1. The van der Waals surface area contributed by atoms with E-state index in [1.165, 1.54) is 12.8 Å². The number of amides is 1. The van der Waals surface area contributed by atoms with Gasteiger partial charge in [0.05, 0.1) is 0 Å². The maximum atomic E-state index is 12.0. The normalized spacial score (nSPS) is 24.0. The lowest BCUT2D eigenvalue weighted by molar-refractivity contribution is -0.137. The molecule has 1 N–H and O–H groups in total. The van der Waals surface area contributed by atoms with E-state index in [-0.39, 0.29) is 12.3 Å². The first-order valence-corrected chi connectivity index (χ1v) is 7.14. The zero-order valence-electron chi connectivity index (χ0n) is 10.9. The average molecular weight is 253 g/mol. The Balaban J connectivity index is 1.70. The largest absolute Gasteiger partial charge is 0.481 e. The number of hydrogen-bond acceptors (Lipinski definition) is 2. The highest BCUT2D eigenvalue weighted by Crippen LogP contribution is 2.34. The topological polar surface area (TPSA) is 57.6 Å². The van der Waals surface area contributed by atoms with Crippen molar-refractivity contribution < 1.29 is 14.7 Å². The molecule has 4 heteroatoms. The zero-order valence-corrected chi connectivity index (χ0v) is 10.9. The van der Waals surface area contributed by atoms with Crippen molar-refractivity contribution in [3.8, 4) is 0 Å². The van der Waals surface area contributed by atoms with E-state index in [1.807, 2.05) is 4.90 Å². The predicted molar refractivity (Wildman–Crippen MR) is 68.1 cm³/mol. The van der Waals surface area contributed by atoms with Crippen LogP contribution in [-0.4, -0.2) is 35.0 Å². The maximum Gasteiger partial charge on any atom is 0.303 e. The highest BCUT2D eigenvalue weighted by molar-refractivity contribution is 5.76. The number of carboxylic acid groups (broad SMARTS) is 1. The minimum absolute atomic E-state index is 0.231. The van der Waals surface area contributed by atoms with Gasteiger partial charge < -0.3 is 10.0 Å². The molecular formula is C14H23NO3. The van der Waals surface area contributed by atoms with Gasteiger partial charge in [0.2, 0.25) is 5.91 Å². The molecule has 0 aromatic rings. The van der Waals surface area contributed by atoms with Crippen LogP contribution in [0.1, 0.15) is 51.4 Å². The smallest absolute Gasteiger partial charge is 0.303 e. The Morgan fingerprint density at radius 3 is 2.44 bits per heavy atom. The molecule has 0 aromatic heterocycles. The predicted octanol–water partition coefficient (Wildman–Crippen LogP) is 2.28. The molecule has 0 radical (unpaired) electrons. The van der Waals surface area contributed by atoms with E-state index in [1.54, 1.807) is 0 Å². The molecule has 0 spiro atoms. The van der Waals surface area contributed by atoms with E-state index in [9.17, 15) is 9.59 Å². The summed E-state index contributed by atoms with van der Waals surface area (Å²) in [6.45, 7) is 1.64.